The molecule has 2 nitrogen and oxygen atoms in total. The molecule has 0 atom stereocenters. The summed E-state index contributed by atoms with van der Waals surface area (Å²) in [5.74, 6) is -0.0239. The Morgan fingerprint density at radius 1 is 1.27 bits per heavy atom. The lowest BCUT2D eigenvalue weighted by Crippen LogP contribution is -2.13. The molecular weight excluding hydrogens is 186 g/mol. The van der Waals surface area contributed by atoms with Crippen molar-refractivity contribution in [1.29, 1.82) is 0 Å². The predicted octanol–water partition coefficient (Wildman–Crippen LogP) is 3.25. The Balaban J connectivity index is 3.11. The van der Waals surface area contributed by atoms with E-state index in [1.54, 1.807) is 0 Å². The van der Waals surface area contributed by atoms with E-state index in [9.17, 15) is 4.79 Å². The highest BCUT2D eigenvalue weighted by Gasteiger charge is 2.14. The zero-order valence-corrected chi connectivity index (χ0v) is 10.1. The van der Waals surface area contributed by atoms with Gasteiger partial charge < -0.3 is 5.32 Å². The Morgan fingerprint density at radius 2 is 1.87 bits per heavy atom. The van der Waals surface area contributed by atoms with E-state index in [1.165, 1.54) is 12.5 Å². The zero-order valence-electron chi connectivity index (χ0n) is 10.1. The van der Waals surface area contributed by atoms with Crippen LogP contribution in [0.1, 0.15) is 38.8 Å². The number of rotatable bonds is 1. The first kappa shape index (κ1) is 11.8. The molecule has 0 aliphatic rings. The van der Waals surface area contributed by atoms with E-state index in [1.807, 2.05) is 13.0 Å². The van der Waals surface area contributed by atoms with Gasteiger partial charge in [0.25, 0.3) is 0 Å². The number of amides is 1. The lowest BCUT2D eigenvalue weighted by Gasteiger charge is -2.20. The van der Waals surface area contributed by atoms with E-state index >= 15 is 0 Å². The number of carbonyl (C=O) groups is 1. The average Bonchev–Trinajstić information content (AvgIpc) is 2.06. The normalized spacial score (nSPS) is 11.3. The Kier molecular flexibility index (Phi) is 3.18. The van der Waals surface area contributed by atoms with Gasteiger partial charge in [0, 0.05) is 12.6 Å². The van der Waals surface area contributed by atoms with Crippen LogP contribution >= 0.6 is 0 Å². The van der Waals surface area contributed by atoms with E-state index in [0.29, 0.717) is 0 Å². The minimum Gasteiger partial charge on any atom is -0.326 e. The van der Waals surface area contributed by atoms with Crippen molar-refractivity contribution in [2.75, 3.05) is 5.32 Å². The van der Waals surface area contributed by atoms with Gasteiger partial charge in [-0.05, 0) is 29.5 Å². The lowest BCUT2D eigenvalue weighted by atomic mass is 9.86. The van der Waals surface area contributed by atoms with Crippen LogP contribution in [0.25, 0.3) is 0 Å². The van der Waals surface area contributed by atoms with E-state index in [0.717, 1.165) is 11.3 Å². The molecule has 0 fully saturated rings. The van der Waals surface area contributed by atoms with Crippen LogP contribution in [0.5, 0.6) is 0 Å². The van der Waals surface area contributed by atoms with Crippen LogP contribution in [0.2, 0.25) is 0 Å². The molecule has 0 aliphatic heterocycles. The molecule has 82 valence electrons. The number of anilines is 1. The quantitative estimate of drug-likeness (QED) is 0.749. The monoisotopic (exact) mass is 205 g/mol. The van der Waals surface area contributed by atoms with E-state index in [-0.39, 0.29) is 11.3 Å². The number of nitrogens with one attached hydrogen (secondary N) is 1. The van der Waals surface area contributed by atoms with E-state index in [4.69, 9.17) is 0 Å². The van der Waals surface area contributed by atoms with Gasteiger partial charge in [0.15, 0.2) is 0 Å². The van der Waals surface area contributed by atoms with Crippen molar-refractivity contribution >= 4 is 11.6 Å². The third-order valence-electron chi connectivity index (χ3n) is 2.41. The molecule has 1 amide bonds. The second kappa shape index (κ2) is 4.05. The first-order valence-electron chi connectivity index (χ1n) is 5.19. The molecule has 0 saturated heterocycles. The van der Waals surface area contributed by atoms with Crippen molar-refractivity contribution in [3.8, 4) is 0 Å². The fraction of sp³-hybridized carbons (Fsp3) is 0.462. The standard InChI is InChI=1S/C13H19NO/c1-9-6-7-11(13(3,4)5)8-12(9)14-10(2)15/h6-8H,1-5H3,(H,14,15). The number of hydrogen-bond donors (Lipinski definition) is 1. The highest BCUT2D eigenvalue weighted by molar-refractivity contribution is 5.89. The topological polar surface area (TPSA) is 29.1 Å². The fourth-order valence-corrected chi connectivity index (χ4v) is 1.41. The highest BCUT2D eigenvalue weighted by Crippen LogP contribution is 2.26. The third kappa shape index (κ3) is 3.08. The van der Waals surface area contributed by atoms with Crippen LogP contribution in [-0.4, -0.2) is 5.91 Å². The summed E-state index contributed by atoms with van der Waals surface area (Å²) in [4.78, 5) is 11.0. The Labute approximate surface area is 91.7 Å². The first-order valence-corrected chi connectivity index (χ1v) is 5.19. The van der Waals surface area contributed by atoms with Crippen molar-refractivity contribution in [2.24, 2.45) is 0 Å². The zero-order chi connectivity index (χ0) is 11.6. The van der Waals surface area contributed by atoms with Crippen molar-refractivity contribution < 1.29 is 4.79 Å². The molecule has 0 unspecified atom stereocenters. The Hall–Kier alpha value is -1.31. The summed E-state index contributed by atoms with van der Waals surface area (Å²) in [5.41, 5.74) is 3.35. The SMILES string of the molecule is CC(=O)Nc1cc(C(C)(C)C)ccc1C. The molecule has 0 radical (unpaired) electrons. The average molecular weight is 205 g/mol. The minimum atomic E-state index is -0.0239. The number of benzene rings is 1. The number of carbonyl (C=O) groups excluding carboxylic acids is 1. The second-order valence-corrected chi connectivity index (χ2v) is 4.96. The molecule has 0 aliphatic carbocycles. The lowest BCUT2D eigenvalue weighted by molar-refractivity contribution is -0.114. The Bertz CT molecular complexity index is 375. The van der Waals surface area contributed by atoms with Crippen LogP contribution in [0.3, 0.4) is 0 Å². The van der Waals surface area contributed by atoms with Gasteiger partial charge >= 0.3 is 0 Å². The van der Waals surface area contributed by atoms with Gasteiger partial charge in [-0.3, -0.25) is 4.79 Å². The molecule has 0 aromatic heterocycles. The highest BCUT2D eigenvalue weighted by atomic mass is 16.1. The van der Waals surface area contributed by atoms with Crippen LogP contribution < -0.4 is 5.32 Å². The molecule has 2 heteroatoms. The minimum absolute atomic E-state index is 0.0239. The van der Waals surface area contributed by atoms with Gasteiger partial charge in [-0.1, -0.05) is 32.9 Å². The summed E-state index contributed by atoms with van der Waals surface area (Å²) in [7, 11) is 0. The van der Waals surface area contributed by atoms with Crippen molar-refractivity contribution in [2.45, 2.75) is 40.0 Å². The van der Waals surface area contributed by atoms with Gasteiger partial charge in [0.05, 0.1) is 0 Å². The molecule has 0 saturated carbocycles. The Morgan fingerprint density at radius 3 is 2.33 bits per heavy atom. The van der Waals surface area contributed by atoms with Gasteiger partial charge in [-0.25, -0.2) is 0 Å². The van der Waals surface area contributed by atoms with Crippen LogP contribution in [0.15, 0.2) is 18.2 Å². The van der Waals surface area contributed by atoms with Crippen molar-refractivity contribution in [3.63, 3.8) is 0 Å². The second-order valence-electron chi connectivity index (χ2n) is 4.96. The van der Waals surface area contributed by atoms with E-state index in [2.05, 4.69) is 38.2 Å². The van der Waals surface area contributed by atoms with Crippen LogP contribution in [0.4, 0.5) is 5.69 Å². The van der Waals surface area contributed by atoms with Crippen molar-refractivity contribution in [3.05, 3.63) is 29.3 Å². The smallest absolute Gasteiger partial charge is 0.221 e. The predicted molar refractivity (Wildman–Crippen MR) is 64.2 cm³/mol. The molecule has 1 rings (SSSR count). The first-order chi connectivity index (χ1) is 6.80. The van der Waals surface area contributed by atoms with Gasteiger partial charge in [-0.15, -0.1) is 0 Å². The summed E-state index contributed by atoms with van der Waals surface area (Å²) in [5, 5.41) is 2.85. The van der Waals surface area contributed by atoms with Crippen molar-refractivity contribution in [1.82, 2.24) is 0 Å². The summed E-state index contributed by atoms with van der Waals surface area (Å²) in [6.07, 6.45) is 0. The van der Waals surface area contributed by atoms with Gasteiger partial charge in [-0.2, -0.15) is 0 Å². The number of aryl methyl sites for hydroxylation is 1. The van der Waals surface area contributed by atoms with Crippen LogP contribution in [0, 0.1) is 6.92 Å². The summed E-state index contributed by atoms with van der Waals surface area (Å²) < 4.78 is 0. The summed E-state index contributed by atoms with van der Waals surface area (Å²) in [6.45, 7) is 10.0. The molecule has 1 aromatic rings. The molecule has 1 N–H and O–H groups in total. The summed E-state index contributed by atoms with van der Waals surface area (Å²) in [6, 6.07) is 6.21. The maximum atomic E-state index is 11.0. The maximum absolute atomic E-state index is 11.0. The molecule has 15 heavy (non-hydrogen) atoms. The molecule has 0 spiro atoms. The molecule has 1 aromatic carbocycles. The van der Waals surface area contributed by atoms with Gasteiger partial charge in [0.2, 0.25) is 5.91 Å². The van der Waals surface area contributed by atoms with Crippen LogP contribution in [-0.2, 0) is 10.2 Å². The third-order valence-corrected chi connectivity index (χ3v) is 2.41. The molecular formula is C13H19NO. The largest absolute Gasteiger partial charge is 0.326 e. The maximum Gasteiger partial charge on any atom is 0.221 e. The summed E-state index contributed by atoms with van der Waals surface area (Å²) >= 11 is 0. The number of hydrogen-bond acceptors (Lipinski definition) is 1. The van der Waals surface area contributed by atoms with Gasteiger partial charge in [0.1, 0.15) is 0 Å². The molecule has 0 bridgehead atoms. The molecule has 0 heterocycles. The fourth-order valence-electron chi connectivity index (χ4n) is 1.41. The van der Waals surface area contributed by atoms with E-state index < -0.39 is 0 Å².